The molecule has 2 aromatic rings. The Morgan fingerprint density at radius 2 is 2.12 bits per heavy atom. The second kappa shape index (κ2) is 9.85. The molecule has 0 spiro atoms. The summed E-state index contributed by atoms with van der Waals surface area (Å²) in [6, 6.07) is 7.79. The molecule has 6 heteroatoms. The quantitative estimate of drug-likeness (QED) is 0.585. The van der Waals surface area contributed by atoms with Crippen LogP contribution in [0.4, 0.5) is 0 Å². The zero-order valence-electron chi connectivity index (χ0n) is 15.4. The van der Waals surface area contributed by atoms with Gasteiger partial charge in [0.1, 0.15) is 11.9 Å². The first-order chi connectivity index (χ1) is 12.8. The largest absolute Gasteiger partial charge is 0.474 e. The smallest absolute Gasteiger partial charge is 0.213 e. The highest BCUT2D eigenvalue weighted by Gasteiger charge is 2.15. The predicted octanol–water partition coefficient (Wildman–Crippen LogP) is 3.64. The number of aliphatic imine (C=N–C) groups is 1. The maximum absolute atomic E-state index is 5.97. The van der Waals surface area contributed by atoms with Crippen molar-refractivity contribution in [1.82, 2.24) is 15.6 Å². The van der Waals surface area contributed by atoms with Gasteiger partial charge in [0.25, 0.3) is 0 Å². The molecule has 2 aromatic heterocycles. The number of ether oxygens (including phenoxy) is 1. The van der Waals surface area contributed by atoms with Crippen LogP contribution in [-0.2, 0) is 13.1 Å². The van der Waals surface area contributed by atoms with Crippen molar-refractivity contribution >= 4 is 5.96 Å². The molecule has 1 aliphatic rings. The van der Waals surface area contributed by atoms with Crippen LogP contribution in [0.2, 0.25) is 0 Å². The molecule has 2 heterocycles. The van der Waals surface area contributed by atoms with E-state index in [9.17, 15) is 0 Å². The molecular formula is C20H28N4O2. The molecule has 26 heavy (non-hydrogen) atoms. The van der Waals surface area contributed by atoms with E-state index < -0.39 is 0 Å². The van der Waals surface area contributed by atoms with Gasteiger partial charge in [0.2, 0.25) is 5.88 Å². The molecule has 140 valence electrons. The lowest BCUT2D eigenvalue weighted by Crippen LogP contribution is -2.36. The van der Waals surface area contributed by atoms with E-state index in [1.165, 1.54) is 19.3 Å². The molecular weight excluding hydrogens is 328 g/mol. The number of pyridine rings is 1. The van der Waals surface area contributed by atoms with E-state index in [0.29, 0.717) is 25.1 Å². The fourth-order valence-corrected chi connectivity index (χ4v) is 3.02. The fourth-order valence-electron chi connectivity index (χ4n) is 3.02. The maximum Gasteiger partial charge on any atom is 0.213 e. The second-order valence-corrected chi connectivity index (χ2v) is 6.51. The van der Waals surface area contributed by atoms with Gasteiger partial charge in [-0.25, -0.2) is 9.98 Å². The van der Waals surface area contributed by atoms with Crippen LogP contribution in [0.5, 0.6) is 5.88 Å². The molecule has 1 fully saturated rings. The van der Waals surface area contributed by atoms with Crippen LogP contribution in [0.3, 0.4) is 0 Å². The Morgan fingerprint density at radius 1 is 1.23 bits per heavy atom. The van der Waals surface area contributed by atoms with Gasteiger partial charge in [0.05, 0.1) is 19.4 Å². The van der Waals surface area contributed by atoms with Crippen molar-refractivity contribution in [1.29, 1.82) is 0 Å². The Hall–Kier alpha value is -2.50. The summed E-state index contributed by atoms with van der Waals surface area (Å²) in [7, 11) is 0. The summed E-state index contributed by atoms with van der Waals surface area (Å²) in [5.41, 5.74) is 1.05. The number of furan rings is 1. The van der Waals surface area contributed by atoms with Gasteiger partial charge < -0.3 is 19.8 Å². The highest BCUT2D eigenvalue weighted by Crippen LogP contribution is 2.22. The second-order valence-electron chi connectivity index (χ2n) is 6.51. The van der Waals surface area contributed by atoms with E-state index in [1.807, 2.05) is 37.4 Å². The lowest BCUT2D eigenvalue weighted by molar-refractivity contribution is 0.148. The van der Waals surface area contributed by atoms with Gasteiger partial charge in [-0.2, -0.15) is 0 Å². The van der Waals surface area contributed by atoms with E-state index in [2.05, 4.69) is 20.6 Å². The van der Waals surface area contributed by atoms with Crippen molar-refractivity contribution in [3.05, 3.63) is 48.0 Å². The van der Waals surface area contributed by atoms with Gasteiger partial charge in [-0.1, -0.05) is 12.5 Å². The zero-order chi connectivity index (χ0) is 18.0. The molecule has 0 unspecified atom stereocenters. The number of aromatic nitrogens is 1. The summed E-state index contributed by atoms with van der Waals surface area (Å²) in [5.74, 6) is 2.35. The lowest BCUT2D eigenvalue weighted by Gasteiger charge is -2.22. The maximum atomic E-state index is 5.97. The summed E-state index contributed by atoms with van der Waals surface area (Å²) in [4.78, 5) is 9.04. The molecule has 1 aliphatic carbocycles. The monoisotopic (exact) mass is 356 g/mol. The third-order valence-corrected chi connectivity index (χ3v) is 4.41. The topological polar surface area (TPSA) is 71.7 Å². The van der Waals surface area contributed by atoms with Crippen LogP contribution in [-0.4, -0.2) is 23.6 Å². The summed E-state index contributed by atoms with van der Waals surface area (Å²) >= 11 is 0. The fraction of sp³-hybridized carbons (Fsp3) is 0.500. The van der Waals surface area contributed by atoms with Crippen LogP contribution >= 0.6 is 0 Å². The Morgan fingerprint density at radius 3 is 2.81 bits per heavy atom. The average molecular weight is 356 g/mol. The van der Waals surface area contributed by atoms with Gasteiger partial charge in [-0.3, -0.25) is 0 Å². The van der Waals surface area contributed by atoms with Gasteiger partial charge in [0, 0.05) is 18.8 Å². The summed E-state index contributed by atoms with van der Waals surface area (Å²) in [6.07, 6.45) is 9.97. The lowest BCUT2D eigenvalue weighted by atomic mass is 9.98. The highest BCUT2D eigenvalue weighted by molar-refractivity contribution is 5.79. The van der Waals surface area contributed by atoms with Crippen molar-refractivity contribution in [2.45, 2.75) is 58.2 Å². The molecule has 0 saturated heterocycles. The summed E-state index contributed by atoms with van der Waals surface area (Å²) in [6.45, 7) is 4.01. The number of hydrogen-bond acceptors (Lipinski definition) is 4. The minimum Gasteiger partial charge on any atom is -0.474 e. The van der Waals surface area contributed by atoms with E-state index in [1.54, 1.807) is 6.26 Å². The minimum absolute atomic E-state index is 0.325. The molecule has 6 nitrogen and oxygen atoms in total. The van der Waals surface area contributed by atoms with Crippen molar-refractivity contribution in [2.75, 3.05) is 6.54 Å². The average Bonchev–Trinajstić information content (AvgIpc) is 3.20. The van der Waals surface area contributed by atoms with Crippen molar-refractivity contribution < 1.29 is 9.15 Å². The van der Waals surface area contributed by atoms with Gasteiger partial charge in [-0.05, 0) is 50.3 Å². The molecule has 0 bridgehead atoms. The Bertz CT molecular complexity index is 662. The molecule has 0 atom stereocenters. The van der Waals surface area contributed by atoms with Crippen molar-refractivity contribution in [3.8, 4) is 5.88 Å². The Kier molecular flexibility index (Phi) is 6.93. The molecule has 0 radical (unpaired) electrons. The first-order valence-electron chi connectivity index (χ1n) is 9.49. The molecule has 3 rings (SSSR count). The molecule has 1 saturated carbocycles. The SMILES string of the molecule is CCNC(=NCc1ccc(OC2CCCCC2)nc1)NCc1ccco1. The summed E-state index contributed by atoms with van der Waals surface area (Å²) < 4.78 is 11.3. The number of rotatable bonds is 7. The standard InChI is InChI=1S/C20H28N4O2/c1-2-21-20(24-15-18-9-6-12-25-18)23-14-16-10-11-19(22-13-16)26-17-7-4-3-5-8-17/h6,9-13,17H,2-5,7-8,14-15H2,1H3,(H2,21,23,24). The first kappa shape index (κ1) is 18.3. The number of nitrogens with zero attached hydrogens (tertiary/aromatic N) is 2. The van der Waals surface area contributed by atoms with Crippen LogP contribution in [0.1, 0.15) is 50.4 Å². The van der Waals surface area contributed by atoms with Crippen LogP contribution < -0.4 is 15.4 Å². The highest BCUT2D eigenvalue weighted by atomic mass is 16.5. The van der Waals surface area contributed by atoms with Crippen molar-refractivity contribution in [2.24, 2.45) is 4.99 Å². The molecule has 0 amide bonds. The Labute approximate surface area is 155 Å². The Balaban J connectivity index is 1.51. The predicted molar refractivity (Wildman–Crippen MR) is 102 cm³/mol. The number of guanidine groups is 1. The van der Waals surface area contributed by atoms with Gasteiger partial charge in [-0.15, -0.1) is 0 Å². The van der Waals surface area contributed by atoms with Crippen LogP contribution in [0, 0.1) is 0 Å². The first-order valence-corrected chi connectivity index (χ1v) is 9.49. The van der Waals surface area contributed by atoms with Crippen LogP contribution in [0.15, 0.2) is 46.1 Å². The third kappa shape index (κ3) is 5.79. The number of hydrogen-bond donors (Lipinski definition) is 2. The van der Waals surface area contributed by atoms with Crippen molar-refractivity contribution in [3.63, 3.8) is 0 Å². The summed E-state index contributed by atoms with van der Waals surface area (Å²) in [5, 5.41) is 6.49. The van der Waals surface area contributed by atoms with E-state index in [4.69, 9.17) is 9.15 Å². The van der Waals surface area contributed by atoms with Crippen LogP contribution in [0.25, 0.3) is 0 Å². The molecule has 0 aromatic carbocycles. The van der Waals surface area contributed by atoms with Gasteiger partial charge in [0.15, 0.2) is 5.96 Å². The molecule has 2 N–H and O–H groups in total. The van der Waals surface area contributed by atoms with Gasteiger partial charge >= 0.3 is 0 Å². The number of nitrogens with one attached hydrogen (secondary N) is 2. The normalized spacial score (nSPS) is 15.7. The van der Waals surface area contributed by atoms with E-state index in [0.717, 1.165) is 36.7 Å². The van der Waals surface area contributed by atoms with E-state index in [-0.39, 0.29) is 0 Å². The zero-order valence-corrected chi connectivity index (χ0v) is 15.4. The minimum atomic E-state index is 0.325. The molecule has 0 aliphatic heterocycles. The van der Waals surface area contributed by atoms with E-state index >= 15 is 0 Å². The third-order valence-electron chi connectivity index (χ3n) is 4.41.